The first-order valence-corrected chi connectivity index (χ1v) is 6.58. The molecule has 2 unspecified atom stereocenters. The Balaban J connectivity index is 2.91. The Morgan fingerprint density at radius 1 is 1.06 bits per heavy atom. The van der Waals surface area contributed by atoms with E-state index < -0.39 is 6.10 Å². The number of rotatable bonds is 6. The molecule has 0 bridgehead atoms. The number of likely N-dealkylation sites (N-methyl/N-ethyl adjacent to an activating group) is 1. The second-order valence-electron chi connectivity index (χ2n) is 4.81. The second-order valence-corrected chi connectivity index (χ2v) is 4.81. The van der Waals surface area contributed by atoms with Gasteiger partial charge in [0.15, 0.2) is 0 Å². The zero-order valence-corrected chi connectivity index (χ0v) is 11.4. The van der Waals surface area contributed by atoms with Gasteiger partial charge in [0.05, 0.1) is 6.10 Å². The fourth-order valence-electron chi connectivity index (χ4n) is 2.48. The third kappa shape index (κ3) is 3.55. The molecule has 2 atom stereocenters. The van der Waals surface area contributed by atoms with E-state index in [0.29, 0.717) is 5.92 Å². The van der Waals surface area contributed by atoms with Gasteiger partial charge in [-0.2, -0.15) is 0 Å². The molecule has 0 aliphatic heterocycles. The fourth-order valence-corrected chi connectivity index (χ4v) is 2.48. The highest BCUT2D eigenvalue weighted by Gasteiger charge is 2.28. The molecule has 0 radical (unpaired) electrons. The summed E-state index contributed by atoms with van der Waals surface area (Å²) in [5.74, 6) is 0.435. The number of aliphatic hydroxyl groups is 1. The summed E-state index contributed by atoms with van der Waals surface area (Å²) in [4.78, 5) is 2.34. The molecule has 0 amide bonds. The summed E-state index contributed by atoms with van der Waals surface area (Å²) in [5.41, 5.74) is 1.01. The van der Waals surface area contributed by atoms with Crippen LogP contribution in [0.4, 0.5) is 0 Å². The van der Waals surface area contributed by atoms with Crippen LogP contribution in [-0.4, -0.2) is 29.1 Å². The minimum absolute atomic E-state index is 0.187. The Labute approximate surface area is 105 Å². The zero-order valence-electron chi connectivity index (χ0n) is 11.4. The standard InChI is InChI=1S/C15H25NO/c1-5-16(6-2)14(12(3)4)15(17)13-10-8-7-9-11-13/h7-12,14-15,17H,5-6H2,1-4H3. The summed E-state index contributed by atoms with van der Waals surface area (Å²) in [7, 11) is 0. The molecule has 2 heteroatoms. The lowest BCUT2D eigenvalue weighted by Crippen LogP contribution is -2.43. The van der Waals surface area contributed by atoms with Crippen molar-refractivity contribution in [3.63, 3.8) is 0 Å². The van der Waals surface area contributed by atoms with Crippen molar-refractivity contribution in [2.45, 2.75) is 39.8 Å². The van der Waals surface area contributed by atoms with Crippen LogP contribution in [0.25, 0.3) is 0 Å². The van der Waals surface area contributed by atoms with Crippen LogP contribution in [0, 0.1) is 5.92 Å². The third-order valence-electron chi connectivity index (χ3n) is 3.38. The average Bonchev–Trinajstić information content (AvgIpc) is 2.35. The van der Waals surface area contributed by atoms with Crippen molar-refractivity contribution >= 4 is 0 Å². The van der Waals surface area contributed by atoms with Gasteiger partial charge in [-0.15, -0.1) is 0 Å². The molecule has 1 rings (SSSR count). The number of benzene rings is 1. The lowest BCUT2D eigenvalue weighted by molar-refractivity contribution is 0.0277. The predicted molar refractivity (Wildman–Crippen MR) is 72.9 cm³/mol. The van der Waals surface area contributed by atoms with Crippen molar-refractivity contribution < 1.29 is 5.11 Å². The summed E-state index contributed by atoms with van der Waals surface area (Å²) in [6.45, 7) is 10.6. The van der Waals surface area contributed by atoms with Gasteiger partial charge in [-0.3, -0.25) is 4.90 Å². The molecule has 0 saturated heterocycles. The van der Waals surface area contributed by atoms with Gasteiger partial charge in [0.2, 0.25) is 0 Å². The smallest absolute Gasteiger partial charge is 0.0947 e. The highest BCUT2D eigenvalue weighted by molar-refractivity contribution is 5.19. The third-order valence-corrected chi connectivity index (χ3v) is 3.38. The maximum Gasteiger partial charge on any atom is 0.0947 e. The van der Waals surface area contributed by atoms with Crippen LogP contribution in [-0.2, 0) is 0 Å². The average molecular weight is 235 g/mol. The molecule has 1 aromatic carbocycles. The molecule has 0 aliphatic carbocycles. The lowest BCUT2D eigenvalue weighted by atomic mass is 9.92. The summed E-state index contributed by atoms with van der Waals surface area (Å²) in [6, 6.07) is 10.1. The quantitative estimate of drug-likeness (QED) is 0.819. The van der Waals surface area contributed by atoms with E-state index in [9.17, 15) is 5.11 Å². The summed E-state index contributed by atoms with van der Waals surface area (Å²) >= 11 is 0. The summed E-state index contributed by atoms with van der Waals surface area (Å²) in [5, 5.41) is 10.5. The van der Waals surface area contributed by atoms with Crippen molar-refractivity contribution in [2.24, 2.45) is 5.92 Å². The highest BCUT2D eigenvalue weighted by atomic mass is 16.3. The van der Waals surface area contributed by atoms with E-state index in [-0.39, 0.29) is 6.04 Å². The number of aliphatic hydroxyl groups excluding tert-OH is 1. The molecule has 2 nitrogen and oxygen atoms in total. The van der Waals surface area contributed by atoms with Gasteiger partial charge in [0.1, 0.15) is 0 Å². The van der Waals surface area contributed by atoms with Crippen LogP contribution in [0.15, 0.2) is 30.3 Å². The Kier molecular flexibility index (Phi) is 5.66. The van der Waals surface area contributed by atoms with E-state index in [0.717, 1.165) is 18.7 Å². The van der Waals surface area contributed by atoms with Gasteiger partial charge < -0.3 is 5.11 Å². The van der Waals surface area contributed by atoms with Crippen molar-refractivity contribution in [3.05, 3.63) is 35.9 Å². The Morgan fingerprint density at radius 2 is 1.59 bits per heavy atom. The molecule has 0 heterocycles. The summed E-state index contributed by atoms with van der Waals surface area (Å²) in [6.07, 6.45) is -0.406. The number of hydrogen-bond acceptors (Lipinski definition) is 2. The molecule has 96 valence electrons. The van der Waals surface area contributed by atoms with Crippen LogP contribution in [0.5, 0.6) is 0 Å². The van der Waals surface area contributed by atoms with Crippen molar-refractivity contribution in [3.8, 4) is 0 Å². The van der Waals surface area contributed by atoms with Crippen LogP contribution in [0.3, 0.4) is 0 Å². The second kappa shape index (κ2) is 6.77. The first kappa shape index (κ1) is 14.2. The lowest BCUT2D eigenvalue weighted by Gasteiger charge is -2.36. The van der Waals surface area contributed by atoms with E-state index in [1.54, 1.807) is 0 Å². The van der Waals surface area contributed by atoms with Gasteiger partial charge in [-0.1, -0.05) is 58.0 Å². The Bertz CT molecular complexity index is 306. The largest absolute Gasteiger partial charge is 0.387 e. The van der Waals surface area contributed by atoms with Gasteiger partial charge in [-0.25, -0.2) is 0 Å². The number of hydrogen-bond donors (Lipinski definition) is 1. The minimum atomic E-state index is -0.406. The van der Waals surface area contributed by atoms with Crippen LogP contribution in [0.2, 0.25) is 0 Å². The molecule has 0 spiro atoms. The molecule has 0 saturated carbocycles. The first-order valence-electron chi connectivity index (χ1n) is 6.58. The van der Waals surface area contributed by atoms with Gasteiger partial charge >= 0.3 is 0 Å². The first-order chi connectivity index (χ1) is 8.11. The van der Waals surface area contributed by atoms with E-state index in [2.05, 4.69) is 32.6 Å². The molecular formula is C15H25NO. The van der Waals surface area contributed by atoms with E-state index >= 15 is 0 Å². The molecule has 1 aromatic rings. The topological polar surface area (TPSA) is 23.5 Å². The molecule has 0 aromatic heterocycles. The fraction of sp³-hybridized carbons (Fsp3) is 0.600. The van der Waals surface area contributed by atoms with Gasteiger partial charge in [0.25, 0.3) is 0 Å². The van der Waals surface area contributed by atoms with Crippen LogP contribution in [0.1, 0.15) is 39.4 Å². The maximum absolute atomic E-state index is 10.5. The highest BCUT2D eigenvalue weighted by Crippen LogP contribution is 2.26. The van der Waals surface area contributed by atoms with Gasteiger partial charge in [-0.05, 0) is 24.6 Å². The van der Waals surface area contributed by atoms with Crippen LogP contribution < -0.4 is 0 Å². The predicted octanol–water partition coefficient (Wildman–Crippen LogP) is 3.09. The van der Waals surface area contributed by atoms with Crippen molar-refractivity contribution in [1.82, 2.24) is 4.90 Å². The molecule has 0 fully saturated rings. The maximum atomic E-state index is 10.5. The van der Waals surface area contributed by atoms with Crippen molar-refractivity contribution in [1.29, 1.82) is 0 Å². The molecule has 0 aliphatic rings. The SMILES string of the molecule is CCN(CC)C(C(C)C)C(O)c1ccccc1. The molecular weight excluding hydrogens is 210 g/mol. The van der Waals surface area contributed by atoms with E-state index in [1.807, 2.05) is 30.3 Å². The van der Waals surface area contributed by atoms with E-state index in [1.165, 1.54) is 0 Å². The van der Waals surface area contributed by atoms with Gasteiger partial charge in [0, 0.05) is 6.04 Å². The number of nitrogens with zero attached hydrogens (tertiary/aromatic N) is 1. The Hall–Kier alpha value is -0.860. The summed E-state index contributed by atoms with van der Waals surface area (Å²) < 4.78 is 0. The van der Waals surface area contributed by atoms with Crippen molar-refractivity contribution in [2.75, 3.05) is 13.1 Å². The van der Waals surface area contributed by atoms with Crippen LogP contribution >= 0.6 is 0 Å². The normalized spacial score (nSPS) is 15.2. The van der Waals surface area contributed by atoms with E-state index in [4.69, 9.17) is 0 Å². The zero-order chi connectivity index (χ0) is 12.8. The molecule has 17 heavy (non-hydrogen) atoms. The minimum Gasteiger partial charge on any atom is -0.387 e. The molecule has 1 N–H and O–H groups in total. The Morgan fingerprint density at radius 3 is 2.00 bits per heavy atom. The monoisotopic (exact) mass is 235 g/mol.